The van der Waals surface area contributed by atoms with Crippen LogP contribution in [-0.2, 0) is 40.8 Å². The monoisotopic (exact) mass is 550 g/mol. The second kappa shape index (κ2) is 11.4. The first kappa shape index (κ1) is 28.6. The summed E-state index contributed by atoms with van der Waals surface area (Å²) < 4.78 is 63.3. The van der Waals surface area contributed by atoms with E-state index in [2.05, 4.69) is 32.7 Å². The van der Waals surface area contributed by atoms with Crippen LogP contribution in [0.1, 0.15) is 18.2 Å². The SMILES string of the molecule is COP(=O)(O)OP(=O)(O)OP(=O)(O)OC[C@H]1O[C@@H](n2cc(C)c(N)nc2=O)CC1OCN=[N+]=[N-]. The number of nitrogens with two attached hydrogens (primary N) is 1. The van der Waals surface area contributed by atoms with Gasteiger partial charge in [-0.3, -0.25) is 13.6 Å². The lowest BCUT2D eigenvalue weighted by Crippen LogP contribution is -2.29. The molecule has 22 heteroatoms. The minimum atomic E-state index is -5.60. The standard InChI is InChI=1S/C12H21N6O13P3/c1-7-4-18(12(19)16-11(7)13)10-3-8(27-6-15-17-14)9(29-10)5-28-33(22,23)31-34(24,25)30-32(20,21)26-2/h4,8-10H,3,5-6H2,1-2H3,(H,20,21)(H,22,23)(H,24,25)(H2,13,16,19)/t8?,9-,10-/m1/s1. The van der Waals surface area contributed by atoms with Gasteiger partial charge in [0.2, 0.25) is 0 Å². The number of hydrogen-bond acceptors (Lipinski definition) is 13. The van der Waals surface area contributed by atoms with Crippen molar-refractivity contribution in [2.24, 2.45) is 5.11 Å². The third kappa shape index (κ3) is 8.22. The van der Waals surface area contributed by atoms with Crippen LogP contribution in [0, 0.1) is 6.92 Å². The number of aryl methyl sites for hydroxylation is 1. The van der Waals surface area contributed by atoms with Crippen LogP contribution in [0.15, 0.2) is 16.1 Å². The number of nitrogens with zero attached hydrogens (tertiary/aromatic N) is 5. The van der Waals surface area contributed by atoms with Gasteiger partial charge in [-0.2, -0.15) is 13.6 Å². The van der Waals surface area contributed by atoms with E-state index in [1.165, 1.54) is 6.20 Å². The number of aromatic nitrogens is 2. The first-order valence-electron chi connectivity index (χ1n) is 8.93. The fourth-order valence-electron chi connectivity index (χ4n) is 2.64. The van der Waals surface area contributed by atoms with Gasteiger partial charge in [0.15, 0.2) is 0 Å². The van der Waals surface area contributed by atoms with Crippen molar-refractivity contribution in [3.8, 4) is 0 Å². The molecule has 1 saturated heterocycles. The highest BCUT2D eigenvalue weighted by Crippen LogP contribution is 2.67. The van der Waals surface area contributed by atoms with E-state index >= 15 is 0 Å². The third-order valence-electron chi connectivity index (χ3n) is 4.12. The molecule has 0 radical (unpaired) electrons. The first-order valence-corrected chi connectivity index (χ1v) is 13.4. The molecular weight excluding hydrogens is 529 g/mol. The van der Waals surface area contributed by atoms with Crippen LogP contribution in [0.25, 0.3) is 10.4 Å². The molecule has 0 aromatic carbocycles. The molecule has 1 aromatic rings. The Hall–Kier alpha value is -1.68. The maximum Gasteiger partial charge on any atom is 0.490 e. The molecule has 2 rings (SSSR count). The summed E-state index contributed by atoms with van der Waals surface area (Å²) in [6, 6.07) is 0. The van der Waals surface area contributed by atoms with Crippen LogP contribution in [0.5, 0.6) is 0 Å². The number of anilines is 1. The lowest BCUT2D eigenvalue weighted by atomic mass is 10.2. The van der Waals surface area contributed by atoms with Crippen molar-refractivity contribution in [1.29, 1.82) is 0 Å². The van der Waals surface area contributed by atoms with E-state index in [4.69, 9.17) is 25.6 Å². The van der Waals surface area contributed by atoms with Crippen molar-refractivity contribution in [2.75, 3.05) is 26.2 Å². The average Bonchev–Trinajstić information content (AvgIpc) is 3.10. The average molecular weight is 550 g/mol. The fourth-order valence-corrected chi connectivity index (χ4v) is 5.90. The van der Waals surface area contributed by atoms with Gasteiger partial charge in [0.1, 0.15) is 24.9 Å². The van der Waals surface area contributed by atoms with E-state index in [9.17, 15) is 28.3 Å². The normalized spacial score (nSPS) is 25.6. The summed E-state index contributed by atoms with van der Waals surface area (Å²) >= 11 is 0. The summed E-state index contributed by atoms with van der Waals surface area (Å²) in [5.74, 6) is 0.00482. The molecule has 0 saturated carbocycles. The molecule has 1 aliphatic rings. The predicted octanol–water partition coefficient (Wildman–Crippen LogP) is 1.07. The summed E-state index contributed by atoms with van der Waals surface area (Å²) in [6.07, 6.45) is -1.80. The van der Waals surface area contributed by atoms with Gasteiger partial charge in [0.05, 0.1) is 12.7 Å². The number of nitrogen functional groups attached to an aromatic ring is 1. The Bertz CT molecular complexity index is 1140. The largest absolute Gasteiger partial charge is 0.490 e. The van der Waals surface area contributed by atoms with E-state index in [0.29, 0.717) is 12.7 Å². The van der Waals surface area contributed by atoms with Crippen molar-refractivity contribution in [2.45, 2.75) is 31.8 Å². The molecule has 0 bridgehead atoms. The minimum absolute atomic E-state index is 0.00482. The van der Waals surface area contributed by atoms with E-state index in [-0.39, 0.29) is 12.2 Å². The molecule has 192 valence electrons. The van der Waals surface area contributed by atoms with Gasteiger partial charge in [-0.1, -0.05) is 5.11 Å². The van der Waals surface area contributed by atoms with Crippen molar-refractivity contribution in [3.63, 3.8) is 0 Å². The topological polar surface area (TPSA) is 277 Å². The van der Waals surface area contributed by atoms with E-state index in [1.807, 2.05) is 0 Å². The Labute approximate surface area is 190 Å². The van der Waals surface area contributed by atoms with E-state index < -0.39 is 60.9 Å². The minimum Gasteiger partial charge on any atom is -0.383 e. The lowest BCUT2D eigenvalue weighted by Gasteiger charge is -2.21. The zero-order chi connectivity index (χ0) is 25.7. The van der Waals surface area contributed by atoms with Crippen LogP contribution in [-0.4, -0.2) is 56.9 Å². The predicted molar refractivity (Wildman–Crippen MR) is 110 cm³/mol. The van der Waals surface area contributed by atoms with Gasteiger partial charge in [0, 0.05) is 30.2 Å². The Morgan fingerprint density at radius 3 is 2.56 bits per heavy atom. The maximum atomic E-state index is 12.2. The highest BCUT2D eigenvalue weighted by molar-refractivity contribution is 7.66. The number of phosphoric acid groups is 3. The molecule has 2 heterocycles. The van der Waals surface area contributed by atoms with Gasteiger partial charge >= 0.3 is 29.2 Å². The summed E-state index contributed by atoms with van der Waals surface area (Å²) in [5.41, 5.74) is 13.7. The van der Waals surface area contributed by atoms with Gasteiger partial charge in [-0.15, -0.1) is 0 Å². The number of ether oxygens (including phenoxy) is 2. The highest BCUT2D eigenvalue weighted by atomic mass is 31.3. The zero-order valence-electron chi connectivity index (χ0n) is 17.5. The summed E-state index contributed by atoms with van der Waals surface area (Å²) in [4.78, 5) is 46.5. The molecule has 6 atom stereocenters. The molecule has 34 heavy (non-hydrogen) atoms. The molecule has 5 N–H and O–H groups in total. The molecule has 0 spiro atoms. The number of rotatable bonds is 12. The van der Waals surface area contributed by atoms with Gasteiger partial charge in [0.25, 0.3) is 0 Å². The number of hydrogen-bond donors (Lipinski definition) is 4. The second-order valence-corrected chi connectivity index (χ2v) is 11.2. The number of phosphoric ester groups is 2. The molecule has 1 fully saturated rings. The summed E-state index contributed by atoms with van der Waals surface area (Å²) in [6.45, 7) is 0.326. The quantitative estimate of drug-likeness (QED) is 0.123. The lowest BCUT2D eigenvalue weighted by molar-refractivity contribution is -0.0601. The van der Waals surface area contributed by atoms with Crippen LogP contribution < -0.4 is 11.4 Å². The Balaban J connectivity index is 2.14. The van der Waals surface area contributed by atoms with Crippen LogP contribution in [0.4, 0.5) is 5.82 Å². The summed E-state index contributed by atoms with van der Waals surface area (Å²) in [5, 5.41) is 3.20. The van der Waals surface area contributed by atoms with Gasteiger partial charge in [-0.25, -0.2) is 18.5 Å². The molecule has 19 nitrogen and oxygen atoms in total. The van der Waals surface area contributed by atoms with E-state index in [0.717, 1.165) is 4.57 Å². The molecule has 0 amide bonds. The highest BCUT2D eigenvalue weighted by Gasteiger charge is 2.44. The maximum absolute atomic E-state index is 12.2. The molecule has 0 aliphatic carbocycles. The smallest absolute Gasteiger partial charge is 0.383 e. The van der Waals surface area contributed by atoms with E-state index in [1.54, 1.807) is 6.92 Å². The van der Waals surface area contributed by atoms with Gasteiger partial charge < -0.3 is 29.9 Å². The van der Waals surface area contributed by atoms with Crippen molar-refractivity contribution in [1.82, 2.24) is 9.55 Å². The fraction of sp³-hybridized carbons (Fsp3) is 0.667. The van der Waals surface area contributed by atoms with Crippen LogP contribution in [0.2, 0.25) is 0 Å². The molecular formula is C12H21N6O13P3. The van der Waals surface area contributed by atoms with Crippen LogP contribution >= 0.6 is 23.5 Å². The Morgan fingerprint density at radius 1 is 1.29 bits per heavy atom. The Kier molecular flexibility index (Phi) is 9.55. The molecule has 1 aliphatic heterocycles. The van der Waals surface area contributed by atoms with Crippen LogP contribution in [0.3, 0.4) is 0 Å². The molecule has 4 unspecified atom stereocenters. The summed E-state index contributed by atoms with van der Waals surface area (Å²) in [7, 11) is -15.4. The first-order chi connectivity index (χ1) is 15.7. The number of azide groups is 1. The second-order valence-electron chi connectivity index (χ2n) is 6.48. The van der Waals surface area contributed by atoms with Gasteiger partial charge in [-0.05, 0) is 12.5 Å². The zero-order valence-corrected chi connectivity index (χ0v) is 20.2. The van der Waals surface area contributed by atoms with Crippen molar-refractivity contribution < 1.29 is 55.5 Å². The molecule has 1 aromatic heterocycles. The van der Waals surface area contributed by atoms with Crippen molar-refractivity contribution >= 4 is 29.3 Å². The Morgan fingerprint density at radius 2 is 1.94 bits per heavy atom. The third-order valence-corrected chi connectivity index (χ3v) is 8.36. The van der Waals surface area contributed by atoms with Crippen molar-refractivity contribution in [3.05, 3.63) is 32.7 Å².